The van der Waals surface area contributed by atoms with E-state index in [1.54, 1.807) is 18.7 Å². The third-order valence-corrected chi connectivity index (χ3v) is 5.77. The van der Waals surface area contributed by atoms with E-state index in [0.29, 0.717) is 25.1 Å². The normalized spacial score (nSPS) is 16.3. The Balaban J connectivity index is 1.69. The number of carbonyl (C=O) groups excluding carboxylic acids is 3. The second kappa shape index (κ2) is 10.3. The lowest BCUT2D eigenvalue weighted by Gasteiger charge is -2.32. The van der Waals surface area contributed by atoms with Crippen LogP contribution in [0.4, 0.5) is 13.2 Å². The van der Waals surface area contributed by atoms with Crippen LogP contribution in [0.25, 0.3) is 5.69 Å². The largest absolute Gasteiger partial charge is 0.466 e. The molecule has 1 aromatic heterocycles. The second-order valence-corrected chi connectivity index (χ2v) is 8.20. The average Bonchev–Trinajstić information content (AvgIpc) is 3.19. The van der Waals surface area contributed by atoms with Crippen LogP contribution in [-0.4, -0.2) is 70.7 Å². The zero-order valence-electron chi connectivity index (χ0n) is 19.3. The van der Waals surface area contributed by atoms with Crippen LogP contribution < -0.4 is 0 Å². The zero-order chi connectivity index (χ0) is 25.0. The van der Waals surface area contributed by atoms with Crippen LogP contribution in [0.3, 0.4) is 0 Å². The van der Waals surface area contributed by atoms with Gasteiger partial charge in [-0.15, -0.1) is 0 Å². The van der Waals surface area contributed by atoms with E-state index in [0.717, 1.165) is 12.1 Å². The van der Waals surface area contributed by atoms with Crippen LogP contribution >= 0.6 is 0 Å². The number of hydrogen-bond acceptors (Lipinski definition) is 5. The van der Waals surface area contributed by atoms with Gasteiger partial charge in [-0.2, -0.15) is 18.3 Å². The summed E-state index contributed by atoms with van der Waals surface area (Å²) in [5.41, 5.74) is -0.124. The first-order chi connectivity index (χ1) is 16.0. The van der Waals surface area contributed by atoms with Gasteiger partial charge < -0.3 is 14.5 Å². The van der Waals surface area contributed by atoms with Crippen molar-refractivity contribution in [1.82, 2.24) is 19.6 Å². The molecule has 34 heavy (non-hydrogen) atoms. The first-order valence-corrected chi connectivity index (χ1v) is 10.9. The molecule has 2 heterocycles. The van der Waals surface area contributed by atoms with Crippen molar-refractivity contribution in [3.05, 3.63) is 47.3 Å². The molecular formula is C23H27F3N4O4. The predicted molar refractivity (Wildman–Crippen MR) is 116 cm³/mol. The van der Waals surface area contributed by atoms with Gasteiger partial charge in [-0.3, -0.25) is 14.4 Å². The molecule has 2 amide bonds. The summed E-state index contributed by atoms with van der Waals surface area (Å²) in [5.74, 6) is -1.50. The van der Waals surface area contributed by atoms with Gasteiger partial charge in [0.2, 0.25) is 5.91 Å². The van der Waals surface area contributed by atoms with Crippen molar-refractivity contribution < 1.29 is 32.3 Å². The van der Waals surface area contributed by atoms with E-state index in [1.165, 1.54) is 35.0 Å². The number of esters is 1. The van der Waals surface area contributed by atoms with E-state index in [1.807, 2.05) is 0 Å². The minimum Gasteiger partial charge on any atom is -0.466 e. The van der Waals surface area contributed by atoms with Gasteiger partial charge in [0, 0.05) is 20.1 Å². The Morgan fingerprint density at radius 2 is 2.00 bits per heavy atom. The van der Waals surface area contributed by atoms with E-state index in [4.69, 9.17) is 4.74 Å². The molecular weight excluding hydrogens is 453 g/mol. The smallest absolute Gasteiger partial charge is 0.416 e. The number of hydrogen-bond donors (Lipinski definition) is 0. The van der Waals surface area contributed by atoms with E-state index in [2.05, 4.69) is 5.10 Å². The van der Waals surface area contributed by atoms with Crippen LogP contribution in [-0.2, 0) is 20.5 Å². The zero-order valence-corrected chi connectivity index (χ0v) is 19.3. The van der Waals surface area contributed by atoms with Crippen molar-refractivity contribution in [2.45, 2.75) is 32.9 Å². The summed E-state index contributed by atoms with van der Waals surface area (Å²) in [5, 5.41) is 4.08. The lowest BCUT2D eigenvalue weighted by Crippen LogP contribution is -2.47. The molecule has 0 radical (unpaired) electrons. The molecule has 0 saturated carbocycles. The maximum atomic E-state index is 13.1. The van der Waals surface area contributed by atoms with Gasteiger partial charge in [-0.1, -0.05) is 6.07 Å². The SMILES string of the molecule is CCOC(=O)C1CCCN(C(=O)CN(C)C(=O)c2cnn(-c3cccc(C(F)(F)F)c3)c2C)C1. The monoisotopic (exact) mass is 480 g/mol. The Hall–Kier alpha value is -3.37. The van der Waals surface area contributed by atoms with Gasteiger partial charge in [0.15, 0.2) is 0 Å². The van der Waals surface area contributed by atoms with Crippen molar-refractivity contribution in [3.63, 3.8) is 0 Å². The summed E-state index contributed by atoms with van der Waals surface area (Å²) in [7, 11) is 1.47. The maximum absolute atomic E-state index is 13.1. The fraction of sp³-hybridized carbons (Fsp3) is 0.478. The van der Waals surface area contributed by atoms with E-state index in [-0.39, 0.29) is 48.7 Å². The Morgan fingerprint density at radius 3 is 2.68 bits per heavy atom. The lowest BCUT2D eigenvalue weighted by atomic mass is 9.98. The van der Waals surface area contributed by atoms with Crippen molar-refractivity contribution >= 4 is 17.8 Å². The number of nitrogens with zero attached hydrogens (tertiary/aromatic N) is 4. The fourth-order valence-corrected chi connectivity index (χ4v) is 3.93. The number of likely N-dealkylation sites (tertiary alicyclic amines) is 1. The number of piperidine rings is 1. The Labute approximate surface area is 195 Å². The van der Waals surface area contributed by atoms with E-state index >= 15 is 0 Å². The van der Waals surface area contributed by atoms with Gasteiger partial charge in [-0.05, 0) is 44.9 Å². The highest BCUT2D eigenvalue weighted by molar-refractivity contribution is 5.97. The number of carbonyl (C=O) groups is 3. The van der Waals surface area contributed by atoms with Crippen LogP contribution in [0.5, 0.6) is 0 Å². The Bertz CT molecular complexity index is 1070. The summed E-state index contributed by atoms with van der Waals surface area (Å²) in [6.07, 6.45) is -1.92. The summed E-state index contributed by atoms with van der Waals surface area (Å²) in [6.45, 7) is 4.10. The van der Waals surface area contributed by atoms with Crippen LogP contribution in [0, 0.1) is 12.8 Å². The molecule has 1 aromatic carbocycles. The molecule has 2 aromatic rings. The molecule has 0 bridgehead atoms. The molecule has 0 aliphatic carbocycles. The molecule has 1 fully saturated rings. The van der Waals surface area contributed by atoms with Crippen molar-refractivity contribution in [1.29, 1.82) is 0 Å². The first kappa shape index (κ1) is 25.3. The molecule has 8 nitrogen and oxygen atoms in total. The number of amides is 2. The number of alkyl halides is 3. The van der Waals surface area contributed by atoms with Gasteiger partial charge in [0.05, 0.1) is 47.8 Å². The highest BCUT2D eigenvalue weighted by Gasteiger charge is 2.32. The van der Waals surface area contributed by atoms with Crippen molar-refractivity contribution in [3.8, 4) is 5.69 Å². The van der Waals surface area contributed by atoms with Gasteiger partial charge >= 0.3 is 12.1 Å². The Kier molecular flexibility index (Phi) is 7.63. The number of aromatic nitrogens is 2. The minimum atomic E-state index is -4.50. The third-order valence-electron chi connectivity index (χ3n) is 5.77. The molecule has 11 heteroatoms. The molecule has 184 valence electrons. The predicted octanol–water partition coefficient (Wildman–Crippen LogP) is 3.07. The van der Waals surface area contributed by atoms with Crippen LogP contribution in [0.15, 0.2) is 30.5 Å². The van der Waals surface area contributed by atoms with Gasteiger partial charge in [-0.25, -0.2) is 4.68 Å². The molecule has 1 unspecified atom stereocenters. The standard InChI is InChI=1S/C23H27F3N4O4/c1-4-34-22(33)16-7-6-10-29(13-16)20(31)14-28(3)21(32)19-12-27-30(15(19)2)18-9-5-8-17(11-18)23(24,25)26/h5,8-9,11-12,16H,4,6-7,10,13-14H2,1-3H3. The Morgan fingerprint density at radius 1 is 1.26 bits per heavy atom. The molecule has 1 atom stereocenters. The van der Waals surface area contributed by atoms with Gasteiger partial charge in [0.25, 0.3) is 5.91 Å². The van der Waals surface area contributed by atoms with Crippen molar-refractivity contribution in [2.75, 3.05) is 33.3 Å². The second-order valence-electron chi connectivity index (χ2n) is 8.20. The van der Waals surface area contributed by atoms with Crippen molar-refractivity contribution in [2.24, 2.45) is 5.92 Å². The van der Waals surface area contributed by atoms with E-state index in [9.17, 15) is 27.6 Å². The number of ether oxygens (including phenoxy) is 1. The molecule has 0 N–H and O–H groups in total. The summed E-state index contributed by atoms with van der Waals surface area (Å²) in [6, 6.07) is 4.65. The van der Waals surface area contributed by atoms with Crippen LogP contribution in [0.2, 0.25) is 0 Å². The molecule has 0 spiro atoms. The third kappa shape index (κ3) is 5.57. The average molecular weight is 480 g/mol. The molecule has 3 rings (SSSR count). The maximum Gasteiger partial charge on any atom is 0.416 e. The summed E-state index contributed by atoms with van der Waals surface area (Å²) < 4.78 is 45.5. The molecule has 1 saturated heterocycles. The number of halogens is 3. The number of likely N-dealkylation sites (N-methyl/N-ethyl adjacent to an activating group) is 1. The first-order valence-electron chi connectivity index (χ1n) is 10.9. The lowest BCUT2D eigenvalue weighted by molar-refractivity contribution is -0.151. The highest BCUT2D eigenvalue weighted by atomic mass is 19.4. The minimum absolute atomic E-state index is 0.170. The fourth-order valence-electron chi connectivity index (χ4n) is 3.93. The topological polar surface area (TPSA) is 84.7 Å². The summed E-state index contributed by atoms with van der Waals surface area (Å²) in [4.78, 5) is 40.5. The highest BCUT2D eigenvalue weighted by Crippen LogP contribution is 2.30. The van der Waals surface area contributed by atoms with Gasteiger partial charge in [0.1, 0.15) is 0 Å². The summed E-state index contributed by atoms with van der Waals surface area (Å²) >= 11 is 0. The van der Waals surface area contributed by atoms with E-state index < -0.39 is 17.6 Å². The number of benzene rings is 1. The number of rotatable bonds is 6. The quantitative estimate of drug-likeness (QED) is 0.594. The molecule has 1 aliphatic rings. The molecule has 1 aliphatic heterocycles. The van der Waals surface area contributed by atoms with Crippen LogP contribution in [0.1, 0.15) is 41.4 Å².